The zero-order valence-corrected chi connectivity index (χ0v) is 17.8. The predicted octanol–water partition coefficient (Wildman–Crippen LogP) is 1.99. The summed E-state index contributed by atoms with van der Waals surface area (Å²) < 4.78 is 1.70. The fraction of sp³-hybridized carbons (Fsp3) is 0.632. The fourth-order valence-corrected chi connectivity index (χ4v) is 4.14. The highest BCUT2D eigenvalue weighted by Gasteiger charge is 2.27. The van der Waals surface area contributed by atoms with E-state index >= 15 is 0 Å². The van der Waals surface area contributed by atoms with Gasteiger partial charge in [-0.1, -0.05) is 26.7 Å². The highest BCUT2D eigenvalue weighted by Crippen LogP contribution is 2.29. The van der Waals surface area contributed by atoms with Crippen LogP contribution >= 0.6 is 12.2 Å². The number of aromatic nitrogens is 4. The molecule has 9 heteroatoms. The van der Waals surface area contributed by atoms with Crippen LogP contribution in [0.1, 0.15) is 56.5 Å². The van der Waals surface area contributed by atoms with Gasteiger partial charge in [-0.15, -0.1) is 0 Å². The van der Waals surface area contributed by atoms with Crippen molar-refractivity contribution in [3.05, 3.63) is 23.3 Å². The summed E-state index contributed by atoms with van der Waals surface area (Å²) in [5, 5.41) is 7.99. The van der Waals surface area contributed by atoms with E-state index in [1.54, 1.807) is 4.52 Å². The van der Waals surface area contributed by atoms with Crippen LogP contribution in [-0.4, -0.2) is 36.6 Å². The van der Waals surface area contributed by atoms with E-state index in [-0.39, 0.29) is 5.91 Å². The van der Waals surface area contributed by atoms with Gasteiger partial charge in [0.05, 0.1) is 0 Å². The minimum Gasteiger partial charge on any atom is -0.358 e. The smallest absolute Gasteiger partial charge is 0.252 e. The van der Waals surface area contributed by atoms with Gasteiger partial charge in [-0.2, -0.15) is 10.1 Å². The first-order valence-electron chi connectivity index (χ1n) is 9.88. The zero-order chi connectivity index (χ0) is 20.3. The van der Waals surface area contributed by atoms with Crippen molar-refractivity contribution in [1.82, 2.24) is 35.8 Å². The van der Waals surface area contributed by atoms with E-state index in [9.17, 15) is 4.79 Å². The van der Waals surface area contributed by atoms with E-state index in [2.05, 4.69) is 45.1 Å². The molecule has 152 valence electrons. The Hall–Kier alpha value is -2.29. The molecular formula is C19H29N7OS. The molecule has 0 radical (unpaired) electrons. The second-order valence-electron chi connectivity index (χ2n) is 7.75. The van der Waals surface area contributed by atoms with Crippen molar-refractivity contribution < 1.29 is 4.79 Å². The summed E-state index contributed by atoms with van der Waals surface area (Å²) in [5.74, 6) is 1.71. The van der Waals surface area contributed by atoms with Crippen molar-refractivity contribution >= 4 is 29.0 Å². The van der Waals surface area contributed by atoms with E-state index in [1.807, 2.05) is 13.8 Å². The maximum absolute atomic E-state index is 12.2. The maximum Gasteiger partial charge on any atom is 0.252 e. The van der Waals surface area contributed by atoms with Crippen LogP contribution in [-0.2, 0) is 11.2 Å². The topological polar surface area (TPSA) is 96.2 Å². The molecule has 1 aliphatic rings. The number of aryl methyl sites for hydroxylation is 2. The lowest BCUT2D eigenvalue weighted by atomic mass is 9.78. The van der Waals surface area contributed by atoms with Crippen molar-refractivity contribution in [2.75, 3.05) is 0 Å². The molecule has 0 unspecified atom stereocenters. The van der Waals surface area contributed by atoms with E-state index < -0.39 is 0 Å². The lowest BCUT2D eigenvalue weighted by Crippen LogP contribution is -2.52. The lowest BCUT2D eigenvalue weighted by molar-refractivity contribution is -0.121. The minimum atomic E-state index is -0.119. The molecular weight excluding hydrogens is 374 g/mol. The number of carbonyl (C=O) groups excluding carboxylic acids is 1. The number of hydrazine groups is 1. The van der Waals surface area contributed by atoms with Crippen LogP contribution < -0.4 is 16.2 Å². The van der Waals surface area contributed by atoms with Gasteiger partial charge in [0.1, 0.15) is 6.33 Å². The number of hydrogen-bond donors (Lipinski definition) is 3. The van der Waals surface area contributed by atoms with Gasteiger partial charge in [0.25, 0.3) is 5.78 Å². The molecule has 0 aliphatic heterocycles. The second-order valence-corrected chi connectivity index (χ2v) is 8.16. The number of nitrogens with zero attached hydrogens (tertiary/aromatic N) is 4. The van der Waals surface area contributed by atoms with Crippen LogP contribution in [0.2, 0.25) is 0 Å². The van der Waals surface area contributed by atoms with E-state index in [0.29, 0.717) is 41.6 Å². The Kier molecular flexibility index (Phi) is 6.43. The number of amides is 1. The Morgan fingerprint density at radius 2 is 2.07 bits per heavy atom. The third kappa shape index (κ3) is 4.57. The van der Waals surface area contributed by atoms with E-state index in [0.717, 1.165) is 23.4 Å². The molecule has 0 saturated heterocycles. The molecule has 3 atom stereocenters. The van der Waals surface area contributed by atoms with Gasteiger partial charge in [-0.05, 0) is 56.3 Å². The van der Waals surface area contributed by atoms with E-state index in [4.69, 9.17) is 12.2 Å². The highest BCUT2D eigenvalue weighted by molar-refractivity contribution is 7.80. The van der Waals surface area contributed by atoms with Crippen LogP contribution in [0, 0.1) is 25.7 Å². The Morgan fingerprint density at radius 3 is 2.86 bits per heavy atom. The number of thiocarbonyl (C=S) groups is 1. The summed E-state index contributed by atoms with van der Waals surface area (Å²) in [6.07, 6.45) is 5.97. The molecule has 1 saturated carbocycles. The summed E-state index contributed by atoms with van der Waals surface area (Å²) in [4.78, 5) is 20.8. The van der Waals surface area contributed by atoms with Gasteiger partial charge in [-0.25, -0.2) is 9.50 Å². The molecule has 3 rings (SSSR count). The second kappa shape index (κ2) is 8.81. The number of carbonyl (C=O) groups is 1. The molecule has 2 aromatic rings. The Bertz CT molecular complexity index is 865. The van der Waals surface area contributed by atoms with Crippen molar-refractivity contribution in [2.24, 2.45) is 11.8 Å². The monoisotopic (exact) mass is 403 g/mol. The van der Waals surface area contributed by atoms with Gasteiger partial charge in [0, 0.05) is 23.9 Å². The number of hydrogen-bond acceptors (Lipinski definition) is 5. The largest absolute Gasteiger partial charge is 0.358 e. The van der Waals surface area contributed by atoms with Crippen molar-refractivity contribution in [2.45, 2.75) is 65.8 Å². The van der Waals surface area contributed by atoms with Gasteiger partial charge in [-0.3, -0.25) is 15.6 Å². The minimum absolute atomic E-state index is 0.119. The zero-order valence-electron chi connectivity index (χ0n) is 17.0. The maximum atomic E-state index is 12.2. The van der Waals surface area contributed by atoms with Crippen LogP contribution in [0.5, 0.6) is 0 Å². The first-order chi connectivity index (χ1) is 13.4. The van der Waals surface area contributed by atoms with Crippen molar-refractivity contribution in [3.63, 3.8) is 0 Å². The first kappa shape index (κ1) is 20.4. The van der Waals surface area contributed by atoms with Crippen molar-refractivity contribution in [1.29, 1.82) is 0 Å². The number of rotatable bonds is 4. The lowest BCUT2D eigenvalue weighted by Gasteiger charge is -2.35. The van der Waals surface area contributed by atoms with Gasteiger partial charge < -0.3 is 5.32 Å². The Labute approximate surface area is 170 Å². The predicted molar refractivity (Wildman–Crippen MR) is 112 cm³/mol. The molecule has 1 aliphatic carbocycles. The first-order valence-corrected chi connectivity index (χ1v) is 10.3. The molecule has 2 aromatic heterocycles. The average molecular weight is 404 g/mol. The van der Waals surface area contributed by atoms with E-state index in [1.165, 1.54) is 19.2 Å². The quantitative estimate of drug-likeness (QED) is 0.531. The summed E-state index contributed by atoms with van der Waals surface area (Å²) >= 11 is 5.34. The SMILES string of the molecule is Cc1nc2ncnn2c(C)c1CCC(=O)NNC(=S)N[C@H]1CCC[C@H](C)[C@@H]1C. The normalized spacial score (nSPS) is 22.1. The molecule has 8 nitrogen and oxygen atoms in total. The van der Waals surface area contributed by atoms with Gasteiger partial charge in [0.2, 0.25) is 5.91 Å². The molecule has 3 N–H and O–H groups in total. The van der Waals surface area contributed by atoms with Crippen LogP contribution in [0.25, 0.3) is 5.78 Å². The third-order valence-corrected chi connectivity index (χ3v) is 6.15. The molecule has 0 aromatic carbocycles. The summed E-state index contributed by atoms with van der Waals surface area (Å²) in [6, 6.07) is 0.353. The van der Waals surface area contributed by atoms with Gasteiger partial charge in [0.15, 0.2) is 5.11 Å². The Balaban J connectivity index is 1.48. The van der Waals surface area contributed by atoms with Gasteiger partial charge >= 0.3 is 0 Å². The summed E-state index contributed by atoms with van der Waals surface area (Å²) in [5.41, 5.74) is 8.37. The Morgan fingerprint density at radius 1 is 1.29 bits per heavy atom. The third-order valence-electron chi connectivity index (χ3n) is 5.93. The summed E-state index contributed by atoms with van der Waals surface area (Å²) in [6.45, 7) is 8.44. The fourth-order valence-electron chi connectivity index (χ4n) is 3.93. The average Bonchev–Trinajstić information content (AvgIpc) is 3.12. The number of nitrogens with one attached hydrogen (secondary N) is 3. The molecule has 28 heavy (non-hydrogen) atoms. The molecule has 1 fully saturated rings. The number of fused-ring (bicyclic) bond motifs is 1. The van der Waals surface area contributed by atoms with Crippen LogP contribution in [0.15, 0.2) is 6.33 Å². The highest BCUT2D eigenvalue weighted by atomic mass is 32.1. The van der Waals surface area contributed by atoms with Crippen molar-refractivity contribution in [3.8, 4) is 0 Å². The molecule has 0 bridgehead atoms. The standard InChI is InChI=1S/C19H29N7OS/c1-11-6-5-7-16(12(11)2)23-19(28)25-24-17(27)9-8-15-13(3)22-18-20-10-21-26(18)14(15)4/h10-12,16H,5-9H2,1-4H3,(H,24,27)(H2,23,25,28)/t11-,12-,16-/m0/s1. The molecule has 1 amide bonds. The molecule has 2 heterocycles. The van der Waals surface area contributed by atoms with Crippen LogP contribution in [0.4, 0.5) is 0 Å². The van der Waals surface area contributed by atoms with Crippen LogP contribution in [0.3, 0.4) is 0 Å². The molecule has 0 spiro atoms. The summed E-state index contributed by atoms with van der Waals surface area (Å²) in [7, 11) is 0.